The summed E-state index contributed by atoms with van der Waals surface area (Å²) in [5, 5.41) is 0. The van der Waals surface area contributed by atoms with Crippen LogP contribution in [-0.2, 0) is 0 Å². The average Bonchev–Trinajstić information content (AvgIpc) is 1.85. The third-order valence-electron chi connectivity index (χ3n) is 1.07. The lowest BCUT2D eigenvalue weighted by molar-refractivity contribution is 1.51. The molecule has 0 saturated carbocycles. The molecule has 0 nitrogen and oxygen atoms in total. The Morgan fingerprint density at radius 3 is 2.25 bits per heavy atom. The molecule has 1 heterocycles. The Hall–Kier alpha value is -0.560. The fourth-order valence-electron chi connectivity index (χ4n) is 0.590. The van der Waals surface area contributed by atoms with E-state index in [9.17, 15) is 0 Å². The van der Waals surface area contributed by atoms with Gasteiger partial charge in [0.2, 0.25) is 0 Å². The van der Waals surface area contributed by atoms with Crippen molar-refractivity contribution in [1.82, 2.24) is 0 Å². The van der Waals surface area contributed by atoms with E-state index >= 15 is 0 Å². The van der Waals surface area contributed by atoms with Gasteiger partial charge in [0.1, 0.15) is 0 Å². The van der Waals surface area contributed by atoms with Crippen molar-refractivity contribution in [2.75, 3.05) is 0 Å². The molecule has 0 unspecified atom stereocenters. The Kier molecular flexibility index (Phi) is 1.22. The molecule has 42 valence electrons. The Morgan fingerprint density at radius 2 is 2.12 bits per heavy atom. The van der Waals surface area contributed by atoms with Gasteiger partial charge in [-0.1, -0.05) is 13.2 Å². The first kappa shape index (κ1) is 5.57. The van der Waals surface area contributed by atoms with E-state index in [4.69, 9.17) is 0 Å². The van der Waals surface area contributed by atoms with E-state index < -0.39 is 0 Å². The summed E-state index contributed by atoms with van der Waals surface area (Å²) in [5.74, 6) is 0. The lowest BCUT2D eigenvalue weighted by Crippen LogP contribution is -1.89. The van der Waals surface area contributed by atoms with Crippen molar-refractivity contribution in [2.24, 2.45) is 0 Å². The van der Waals surface area contributed by atoms with Gasteiger partial charge in [-0.2, -0.15) is 0 Å². The number of thiophene rings is 1. The molecule has 0 radical (unpaired) electrons. The van der Waals surface area contributed by atoms with Gasteiger partial charge < -0.3 is 0 Å². The fraction of sp³-hybridized carbons (Fsp3) is 0.143. The first-order valence-electron chi connectivity index (χ1n) is 2.44. The zero-order valence-electron chi connectivity index (χ0n) is 4.90. The van der Waals surface area contributed by atoms with Crippen LogP contribution in [0.4, 0.5) is 0 Å². The van der Waals surface area contributed by atoms with Crippen molar-refractivity contribution < 1.29 is 0 Å². The highest BCUT2D eigenvalue weighted by molar-refractivity contribution is 7.07. The van der Waals surface area contributed by atoms with Crippen molar-refractivity contribution in [1.29, 1.82) is 0 Å². The summed E-state index contributed by atoms with van der Waals surface area (Å²) in [6.45, 7) is 9.65. The summed E-state index contributed by atoms with van der Waals surface area (Å²) >= 11 is 1.65. The molecule has 0 aliphatic carbocycles. The third kappa shape index (κ3) is 0.819. The van der Waals surface area contributed by atoms with Crippen LogP contribution < -0.4 is 9.06 Å². The third-order valence-corrected chi connectivity index (χ3v) is 2.02. The normalized spacial score (nSPS) is 9.62. The number of rotatable bonds is 0. The van der Waals surface area contributed by atoms with E-state index in [0.29, 0.717) is 0 Å². The highest BCUT2D eigenvalue weighted by Gasteiger charge is 1.84. The Labute approximate surface area is 52.8 Å². The molecule has 1 rings (SSSR count). The predicted molar refractivity (Wildman–Crippen MR) is 39.4 cm³/mol. The smallest absolute Gasteiger partial charge is 0.0233 e. The molecule has 1 heteroatoms. The van der Waals surface area contributed by atoms with Gasteiger partial charge in [0, 0.05) is 9.06 Å². The SMILES string of the molecule is C=c1cc(C)c(=C)s1. The van der Waals surface area contributed by atoms with Crippen molar-refractivity contribution in [3.63, 3.8) is 0 Å². The molecule has 0 amide bonds. The number of hydrogen-bond acceptors (Lipinski definition) is 1. The zero-order valence-corrected chi connectivity index (χ0v) is 5.72. The van der Waals surface area contributed by atoms with Crippen LogP contribution in [0.25, 0.3) is 13.2 Å². The van der Waals surface area contributed by atoms with Gasteiger partial charge in [0.15, 0.2) is 0 Å². The van der Waals surface area contributed by atoms with Crippen LogP contribution in [0.5, 0.6) is 0 Å². The largest absolute Gasteiger partial charge is 0.137 e. The average molecular weight is 124 g/mol. The van der Waals surface area contributed by atoms with E-state index in [2.05, 4.69) is 13.2 Å². The second-order valence-electron chi connectivity index (χ2n) is 1.82. The Bertz CT molecular complexity index is 269. The Morgan fingerprint density at radius 1 is 1.50 bits per heavy atom. The predicted octanol–water partition coefficient (Wildman–Crippen LogP) is 0.877. The minimum Gasteiger partial charge on any atom is -0.137 e. The van der Waals surface area contributed by atoms with Gasteiger partial charge >= 0.3 is 0 Å². The molecule has 8 heavy (non-hydrogen) atoms. The van der Waals surface area contributed by atoms with Crippen LogP contribution in [0.1, 0.15) is 5.56 Å². The van der Waals surface area contributed by atoms with Crippen molar-refractivity contribution in [2.45, 2.75) is 6.92 Å². The van der Waals surface area contributed by atoms with E-state index in [-0.39, 0.29) is 0 Å². The molecule has 0 fully saturated rings. The van der Waals surface area contributed by atoms with Crippen molar-refractivity contribution >= 4 is 24.5 Å². The van der Waals surface area contributed by atoms with Crippen LogP contribution in [0.15, 0.2) is 6.07 Å². The van der Waals surface area contributed by atoms with Gasteiger partial charge in [-0.15, -0.1) is 11.3 Å². The molecular weight excluding hydrogens is 116 g/mol. The zero-order chi connectivity index (χ0) is 6.15. The lowest BCUT2D eigenvalue weighted by Gasteiger charge is -1.71. The molecule has 0 aliphatic rings. The molecule has 0 aliphatic heterocycles. The van der Waals surface area contributed by atoms with Gasteiger partial charge in [-0.25, -0.2) is 0 Å². The van der Waals surface area contributed by atoms with Crippen molar-refractivity contribution in [3.8, 4) is 0 Å². The number of hydrogen-bond donors (Lipinski definition) is 0. The summed E-state index contributed by atoms with van der Waals surface area (Å²) in [4.78, 5) is 0. The second kappa shape index (κ2) is 1.75. The van der Waals surface area contributed by atoms with Crippen LogP contribution in [0.2, 0.25) is 0 Å². The minimum absolute atomic E-state index is 1.10. The maximum Gasteiger partial charge on any atom is 0.0233 e. The van der Waals surface area contributed by atoms with Crippen LogP contribution in [0.3, 0.4) is 0 Å². The quantitative estimate of drug-likeness (QED) is 0.481. The number of aryl methyl sites for hydroxylation is 1. The molecule has 0 atom stereocenters. The first-order chi connectivity index (χ1) is 3.70. The summed E-state index contributed by atoms with van der Waals surface area (Å²) in [6, 6.07) is 2.05. The lowest BCUT2D eigenvalue weighted by atomic mass is 10.4. The molecule has 0 bridgehead atoms. The highest BCUT2D eigenvalue weighted by Crippen LogP contribution is 1.84. The fourth-order valence-corrected chi connectivity index (χ4v) is 1.36. The molecule has 0 N–H and O–H groups in total. The van der Waals surface area contributed by atoms with E-state index in [1.54, 1.807) is 11.3 Å². The monoisotopic (exact) mass is 124 g/mol. The van der Waals surface area contributed by atoms with Crippen LogP contribution in [0, 0.1) is 6.92 Å². The summed E-state index contributed by atoms with van der Waals surface area (Å²) < 4.78 is 2.24. The van der Waals surface area contributed by atoms with Crippen LogP contribution in [-0.4, -0.2) is 0 Å². The maximum absolute atomic E-state index is 3.82. The van der Waals surface area contributed by atoms with E-state index in [0.717, 1.165) is 9.06 Å². The van der Waals surface area contributed by atoms with Crippen LogP contribution >= 0.6 is 11.3 Å². The summed E-state index contributed by atoms with van der Waals surface area (Å²) in [7, 11) is 0. The minimum atomic E-state index is 1.10. The van der Waals surface area contributed by atoms with Crippen molar-refractivity contribution in [3.05, 3.63) is 20.7 Å². The Balaban J connectivity index is 3.59. The highest BCUT2D eigenvalue weighted by atomic mass is 32.1. The van der Waals surface area contributed by atoms with Gasteiger partial charge in [-0.05, 0) is 18.6 Å². The summed E-state index contributed by atoms with van der Waals surface area (Å²) in [6.07, 6.45) is 0. The summed E-state index contributed by atoms with van der Waals surface area (Å²) in [5.41, 5.74) is 1.25. The molecule has 1 aromatic heterocycles. The van der Waals surface area contributed by atoms with E-state index in [1.165, 1.54) is 5.56 Å². The van der Waals surface area contributed by atoms with Gasteiger partial charge in [-0.3, -0.25) is 0 Å². The standard InChI is InChI=1S/C7H8S/c1-5-4-6(2)8-7(5)3/h4H,2-3H2,1H3. The molecule has 0 saturated heterocycles. The molecule has 1 aromatic rings. The maximum atomic E-state index is 3.82. The van der Waals surface area contributed by atoms with E-state index in [1.807, 2.05) is 13.0 Å². The molecular formula is C7H8S. The van der Waals surface area contributed by atoms with Gasteiger partial charge in [0.05, 0.1) is 0 Å². The topological polar surface area (TPSA) is 0 Å². The molecule has 0 aromatic carbocycles. The second-order valence-corrected chi connectivity index (χ2v) is 3.04. The first-order valence-corrected chi connectivity index (χ1v) is 3.26. The van der Waals surface area contributed by atoms with Gasteiger partial charge in [0.25, 0.3) is 0 Å². The molecule has 0 spiro atoms.